The fourth-order valence-electron chi connectivity index (χ4n) is 2.81. The van der Waals surface area contributed by atoms with Crippen molar-refractivity contribution in [2.24, 2.45) is 0 Å². The summed E-state index contributed by atoms with van der Waals surface area (Å²) in [7, 11) is 1.61. The molecule has 0 spiro atoms. The number of aromatic amines is 1. The molecule has 0 bridgehead atoms. The first-order valence-corrected chi connectivity index (χ1v) is 7.30. The number of H-pyrrole nitrogens is 1. The van der Waals surface area contributed by atoms with Gasteiger partial charge >= 0.3 is 0 Å². The monoisotopic (exact) mass is 301 g/mol. The van der Waals surface area contributed by atoms with E-state index in [-0.39, 0.29) is 11.8 Å². The Labute approximate surface area is 128 Å². The molecule has 6 nitrogen and oxygen atoms in total. The van der Waals surface area contributed by atoms with E-state index in [1.54, 1.807) is 23.8 Å². The normalized spacial score (nSPS) is 15.2. The van der Waals surface area contributed by atoms with Gasteiger partial charge in [0.25, 0.3) is 5.91 Å². The molecule has 116 valence electrons. The summed E-state index contributed by atoms with van der Waals surface area (Å²) < 4.78 is 5.31. The molecule has 22 heavy (non-hydrogen) atoms. The number of carbonyl (C=O) groups is 2. The number of benzene rings is 1. The third kappa shape index (κ3) is 2.52. The largest absolute Gasteiger partial charge is 0.495 e. The van der Waals surface area contributed by atoms with Crippen molar-refractivity contribution in [3.8, 4) is 5.75 Å². The van der Waals surface area contributed by atoms with E-state index in [1.807, 2.05) is 24.3 Å². The van der Waals surface area contributed by atoms with Crippen LogP contribution in [0.5, 0.6) is 5.75 Å². The molecule has 0 saturated carbocycles. The number of hydrogen-bond acceptors (Lipinski definition) is 3. The predicted octanol–water partition coefficient (Wildman–Crippen LogP) is 1.48. The molecule has 0 aliphatic carbocycles. The molecule has 1 aromatic heterocycles. The van der Waals surface area contributed by atoms with Crippen LogP contribution in [0.3, 0.4) is 0 Å². The van der Waals surface area contributed by atoms with Crippen LogP contribution < -0.4 is 4.74 Å². The molecular formula is C16H19N3O3. The zero-order chi connectivity index (χ0) is 15.7. The van der Waals surface area contributed by atoms with E-state index in [9.17, 15) is 9.59 Å². The molecule has 3 rings (SSSR count). The molecule has 6 heteroatoms. The minimum absolute atomic E-state index is 0.0403. The summed E-state index contributed by atoms with van der Waals surface area (Å²) in [4.78, 5) is 30.6. The second-order valence-corrected chi connectivity index (χ2v) is 5.41. The highest BCUT2D eigenvalue weighted by Crippen LogP contribution is 2.26. The maximum absolute atomic E-state index is 12.6. The van der Waals surface area contributed by atoms with Crippen LogP contribution in [0.15, 0.2) is 24.3 Å². The standard InChI is InChI=1S/C16H19N3O3/c1-11(20)18-6-8-19(9-7-18)16(21)13-10-12-4-3-5-14(22-2)15(12)17-13/h3-5,10,17H,6-9H2,1-2H3. The van der Waals surface area contributed by atoms with Gasteiger partial charge in [0.15, 0.2) is 0 Å². The second-order valence-electron chi connectivity index (χ2n) is 5.41. The van der Waals surface area contributed by atoms with Gasteiger partial charge in [0.1, 0.15) is 11.4 Å². The number of nitrogens with zero attached hydrogens (tertiary/aromatic N) is 2. The number of amides is 2. The van der Waals surface area contributed by atoms with E-state index >= 15 is 0 Å². The lowest BCUT2D eigenvalue weighted by Gasteiger charge is -2.33. The van der Waals surface area contributed by atoms with Crippen molar-refractivity contribution in [3.05, 3.63) is 30.0 Å². The summed E-state index contributed by atoms with van der Waals surface area (Å²) in [5.41, 5.74) is 1.38. The molecule has 1 aromatic carbocycles. The number of aromatic nitrogens is 1. The van der Waals surface area contributed by atoms with Crippen molar-refractivity contribution < 1.29 is 14.3 Å². The lowest BCUT2D eigenvalue weighted by atomic mass is 10.2. The molecule has 1 aliphatic rings. The van der Waals surface area contributed by atoms with Crippen molar-refractivity contribution in [1.29, 1.82) is 0 Å². The molecule has 2 heterocycles. The molecule has 2 aromatic rings. The molecule has 0 atom stereocenters. The summed E-state index contributed by atoms with van der Waals surface area (Å²) in [6, 6.07) is 7.55. The van der Waals surface area contributed by atoms with E-state index in [0.29, 0.717) is 31.9 Å². The van der Waals surface area contributed by atoms with Crippen molar-refractivity contribution in [2.45, 2.75) is 6.92 Å². The number of rotatable bonds is 2. The molecule has 2 amide bonds. The zero-order valence-electron chi connectivity index (χ0n) is 12.8. The Morgan fingerprint density at radius 3 is 2.45 bits per heavy atom. The van der Waals surface area contributed by atoms with Gasteiger partial charge in [-0.05, 0) is 12.1 Å². The fourth-order valence-corrected chi connectivity index (χ4v) is 2.81. The summed E-state index contributed by atoms with van der Waals surface area (Å²) in [5.74, 6) is 0.738. The first-order chi connectivity index (χ1) is 10.6. The third-order valence-electron chi connectivity index (χ3n) is 4.08. The average molecular weight is 301 g/mol. The summed E-state index contributed by atoms with van der Waals surface area (Å²) >= 11 is 0. The Kier molecular flexibility index (Phi) is 3.75. The van der Waals surface area contributed by atoms with E-state index in [2.05, 4.69) is 4.98 Å². The number of piperazine rings is 1. The molecule has 1 N–H and O–H groups in total. The van der Waals surface area contributed by atoms with Crippen LogP contribution in [-0.4, -0.2) is 59.9 Å². The van der Waals surface area contributed by atoms with Crippen LogP contribution in [0.2, 0.25) is 0 Å². The van der Waals surface area contributed by atoms with Crippen molar-refractivity contribution in [1.82, 2.24) is 14.8 Å². The predicted molar refractivity (Wildman–Crippen MR) is 83.0 cm³/mol. The van der Waals surface area contributed by atoms with E-state index in [1.165, 1.54) is 0 Å². The maximum atomic E-state index is 12.6. The maximum Gasteiger partial charge on any atom is 0.270 e. The number of carbonyl (C=O) groups excluding carboxylic acids is 2. The number of fused-ring (bicyclic) bond motifs is 1. The van der Waals surface area contributed by atoms with Gasteiger partial charge in [-0.15, -0.1) is 0 Å². The molecular weight excluding hydrogens is 282 g/mol. The van der Waals surface area contributed by atoms with Crippen LogP contribution in [0.1, 0.15) is 17.4 Å². The van der Waals surface area contributed by atoms with Crippen LogP contribution in [0.25, 0.3) is 10.9 Å². The molecule has 1 aliphatic heterocycles. The Bertz CT molecular complexity index is 714. The highest BCUT2D eigenvalue weighted by Gasteiger charge is 2.24. The Hall–Kier alpha value is -2.50. The number of nitrogens with one attached hydrogen (secondary N) is 1. The van der Waals surface area contributed by atoms with Gasteiger partial charge in [-0.25, -0.2) is 0 Å². The average Bonchev–Trinajstić information content (AvgIpc) is 2.98. The SMILES string of the molecule is COc1cccc2cc(C(=O)N3CCN(C(C)=O)CC3)[nH]c12. The van der Waals surface area contributed by atoms with Gasteiger partial charge in [-0.3, -0.25) is 9.59 Å². The van der Waals surface area contributed by atoms with Gasteiger partial charge in [-0.1, -0.05) is 12.1 Å². The van der Waals surface area contributed by atoms with Crippen LogP contribution >= 0.6 is 0 Å². The number of ether oxygens (including phenoxy) is 1. The minimum atomic E-state index is -0.0403. The Morgan fingerprint density at radius 2 is 1.82 bits per heavy atom. The van der Waals surface area contributed by atoms with Gasteiger partial charge < -0.3 is 19.5 Å². The first kappa shape index (κ1) is 14.4. The van der Waals surface area contributed by atoms with E-state index in [0.717, 1.165) is 16.7 Å². The van der Waals surface area contributed by atoms with Gasteiger partial charge in [-0.2, -0.15) is 0 Å². The Balaban J connectivity index is 1.80. The smallest absolute Gasteiger partial charge is 0.270 e. The van der Waals surface area contributed by atoms with Crippen molar-refractivity contribution in [3.63, 3.8) is 0 Å². The third-order valence-corrected chi connectivity index (χ3v) is 4.08. The van der Waals surface area contributed by atoms with Gasteiger partial charge in [0.2, 0.25) is 5.91 Å². The lowest BCUT2D eigenvalue weighted by Crippen LogP contribution is -2.50. The number of hydrogen-bond donors (Lipinski definition) is 1. The van der Waals surface area contributed by atoms with Crippen LogP contribution in [0, 0.1) is 0 Å². The lowest BCUT2D eigenvalue weighted by molar-refractivity contribution is -0.130. The topological polar surface area (TPSA) is 65.6 Å². The summed E-state index contributed by atoms with van der Waals surface area (Å²) in [6.07, 6.45) is 0. The fraction of sp³-hybridized carbons (Fsp3) is 0.375. The second kappa shape index (κ2) is 5.71. The van der Waals surface area contributed by atoms with E-state index in [4.69, 9.17) is 4.74 Å². The quantitative estimate of drug-likeness (QED) is 0.913. The summed E-state index contributed by atoms with van der Waals surface area (Å²) in [5, 5.41) is 0.949. The Morgan fingerprint density at radius 1 is 1.14 bits per heavy atom. The molecule has 1 saturated heterocycles. The van der Waals surface area contributed by atoms with Crippen molar-refractivity contribution in [2.75, 3.05) is 33.3 Å². The minimum Gasteiger partial charge on any atom is -0.495 e. The molecule has 1 fully saturated rings. The molecule has 0 unspecified atom stereocenters. The first-order valence-electron chi connectivity index (χ1n) is 7.30. The highest BCUT2D eigenvalue weighted by molar-refractivity contribution is 5.99. The highest BCUT2D eigenvalue weighted by atomic mass is 16.5. The number of para-hydroxylation sites is 1. The van der Waals surface area contributed by atoms with Gasteiger partial charge in [0, 0.05) is 38.5 Å². The van der Waals surface area contributed by atoms with Crippen LogP contribution in [0.4, 0.5) is 0 Å². The number of methoxy groups -OCH3 is 1. The van der Waals surface area contributed by atoms with Crippen molar-refractivity contribution >= 4 is 22.7 Å². The van der Waals surface area contributed by atoms with E-state index < -0.39 is 0 Å². The molecule has 0 radical (unpaired) electrons. The van der Waals surface area contributed by atoms with Crippen LogP contribution in [-0.2, 0) is 4.79 Å². The zero-order valence-corrected chi connectivity index (χ0v) is 12.8. The summed E-state index contributed by atoms with van der Waals surface area (Å²) in [6.45, 7) is 3.85. The van der Waals surface area contributed by atoms with Gasteiger partial charge in [0.05, 0.1) is 12.6 Å².